The smallest absolute Gasteiger partial charge is 0.315 e. The molecule has 0 radical (unpaired) electrons. The summed E-state index contributed by atoms with van der Waals surface area (Å²) in [6, 6.07) is 0.488. The molecule has 1 aliphatic heterocycles. The van der Waals surface area contributed by atoms with Crippen LogP contribution in [0.5, 0.6) is 0 Å². The summed E-state index contributed by atoms with van der Waals surface area (Å²) in [6.07, 6.45) is 6.73. The van der Waals surface area contributed by atoms with Crippen LogP contribution in [0, 0.1) is 6.92 Å². The normalized spacial score (nSPS) is 27.0. The van der Waals surface area contributed by atoms with Gasteiger partial charge < -0.3 is 15.2 Å². The van der Waals surface area contributed by atoms with E-state index in [9.17, 15) is 4.79 Å². The van der Waals surface area contributed by atoms with Crippen LogP contribution in [0.1, 0.15) is 56.3 Å². The monoisotopic (exact) mass is 307 g/mol. The lowest BCUT2D eigenvalue weighted by atomic mass is 9.96. The van der Waals surface area contributed by atoms with E-state index in [0.29, 0.717) is 17.8 Å². The number of nitrogens with one attached hydrogen (secondary N) is 2. The summed E-state index contributed by atoms with van der Waals surface area (Å²) in [7, 11) is 2.02. The molecule has 2 amide bonds. The Kier molecular flexibility index (Phi) is 4.61. The van der Waals surface area contributed by atoms with Crippen LogP contribution in [-0.4, -0.2) is 46.7 Å². The molecule has 1 saturated heterocycles. The second kappa shape index (κ2) is 6.64. The fourth-order valence-electron chi connectivity index (χ4n) is 3.50. The molecule has 7 heteroatoms. The Morgan fingerprint density at radius 3 is 2.64 bits per heavy atom. The van der Waals surface area contributed by atoms with Crippen molar-refractivity contribution in [1.82, 2.24) is 25.7 Å². The van der Waals surface area contributed by atoms with Crippen LogP contribution in [0.4, 0.5) is 4.79 Å². The third-order valence-corrected chi connectivity index (χ3v) is 4.65. The average Bonchev–Trinajstić information content (AvgIpc) is 3.06. The fourth-order valence-corrected chi connectivity index (χ4v) is 3.50. The van der Waals surface area contributed by atoms with Crippen molar-refractivity contribution in [3.05, 3.63) is 11.7 Å². The van der Waals surface area contributed by atoms with Gasteiger partial charge >= 0.3 is 6.03 Å². The van der Waals surface area contributed by atoms with Crippen molar-refractivity contribution in [3.63, 3.8) is 0 Å². The largest absolute Gasteiger partial charge is 0.338 e. The molecule has 1 aromatic heterocycles. The number of amides is 2. The molecule has 2 N–H and O–H groups in total. The highest BCUT2D eigenvalue weighted by atomic mass is 16.5. The minimum Gasteiger partial charge on any atom is -0.338 e. The lowest BCUT2D eigenvalue weighted by molar-refractivity contribution is 0.228. The highest BCUT2D eigenvalue weighted by molar-refractivity contribution is 5.74. The molecule has 0 spiro atoms. The maximum atomic E-state index is 12.1. The number of hydrogen-bond acceptors (Lipinski definition) is 5. The lowest BCUT2D eigenvalue weighted by Gasteiger charge is -2.24. The van der Waals surface area contributed by atoms with Crippen molar-refractivity contribution in [3.8, 4) is 0 Å². The zero-order valence-corrected chi connectivity index (χ0v) is 13.3. The van der Waals surface area contributed by atoms with E-state index >= 15 is 0 Å². The molecule has 2 heterocycles. The van der Waals surface area contributed by atoms with Gasteiger partial charge in [-0.15, -0.1) is 0 Å². The Labute approximate surface area is 130 Å². The second-order valence-electron chi connectivity index (χ2n) is 6.52. The number of aromatic nitrogens is 2. The quantitative estimate of drug-likeness (QED) is 0.889. The molecule has 2 unspecified atom stereocenters. The van der Waals surface area contributed by atoms with Crippen molar-refractivity contribution in [2.45, 2.75) is 63.6 Å². The molecule has 122 valence electrons. The number of aryl methyl sites for hydroxylation is 1. The maximum absolute atomic E-state index is 12.1. The third-order valence-electron chi connectivity index (χ3n) is 4.65. The van der Waals surface area contributed by atoms with Gasteiger partial charge in [0.25, 0.3) is 0 Å². The van der Waals surface area contributed by atoms with Crippen LogP contribution in [0.25, 0.3) is 0 Å². The number of likely N-dealkylation sites (tertiary alicyclic amines) is 1. The number of nitrogens with zero attached hydrogens (tertiary/aromatic N) is 3. The van der Waals surface area contributed by atoms with Crippen molar-refractivity contribution in [2.24, 2.45) is 0 Å². The van der Waals surface area contributed by atoms with Gasteiger partial charge in [0.15, 0.2) is 5.82 Å². The Morgan fingerprint density at radius 2 is 1.95 bits per heavy atom. The maximum Gasteiger partial charge on any atom is 0.315 e. The van der Waals surface area contributed by atoms with E-state index in [1.54, 1.807) is 0 Å². The van der Waals surface area contributed by atoms with Gasteiger partial charge in [-0.3, -0.25) is 4.90 Å². The van der Waals surface area contributed by atoms with Gasteiger partial charge in [0.1, 0.15) is 0 Å². The zero-order chi connectivity index (χ0) is 15.5. The van der Waals surface area contributed by atoms with E-state index in [1.165, 1.54) is 19.3 Å². The Bertz CT molecular complexity index is 512. The highest BCUT2D eigenvalue weighted by Gasteiger charge is 2.35. The molecule has 0 aromatic carbocycles. The van der Waals surface area contributed by atoms with Crippen LogP contribution in [0.15, 0.2) is 4.52 Å². The van der Waals surface area contributed by atoms with Gasteiger partial charge in [0, 0.05) is 18.6 Å². The molecule has 2 aliphatic rings. The number of urea groups is 1. The molecule has 0 bridgehead atoms. The van der Waals surface area contributed by atoms with Crippen molar-refractivity contribution in [2.75, 3.05) is 13.6 Å². The van der Waals surface area contributed by atoms with Crippen molar-refractivity contribution >= 4 is 6.03 Å². The molecule has 1 aliphatic carbocycles. The average molecular weight is 307 g/mol. The zero-order valence-electron chi connectivity index (χ0n) is 13.3. The van der Waals surface area contributed by atoms with Gasteiger partial charge in [-0.2, -0.15) is 4.98 Å². The predicted octanol–water partition coefficient (Wildman–Crippen LogP) is 1.76. The fraction of sp³-hybridized carbons (Fsp3) is 0.800. The van der Waals surface area contributed by atoms with Gasteiger partial charge in [0.2, 0.25) is 5.89 Å². The molecule has 3 rings (SSSR count). The Balaban J connectivity index is 1.50. The molecule has 22 heavy (non-hydrogen) atoms. The van der Waals surface area contributed by atoms with Crippen LogP contribution >= 0.6 is 0 Å². The van der Waals surface area contributed by atoms with E-state index in [4.69, 9.17) is 4.52 Å². The number of rotatable bonds is 3. The van der Waals surface area contributed by atoms with E-state index in [-0.39, 0.29) is 18.1 Å². The summed E-state index contributed by atoms with van der Waals surface area (Å²) in [5, 5.41) is 10.0. The first-order chi connectivity index (χ1) is 10.6. The molecule has 7 nitrogen and oxygen atoms in total. The lowest BCUT2D eigenvalue weighted by Crippen LogP contribution is -2.47. The van der Waals surface area contributed by atoms with E-state index in [1.807, 2.05) is 14.0 Å². The summed E-state index contributed by atoms with van der Waals surface area (Å²) in [4.78, 5) is 18.6. The summed E-state index contributed by atoms with van der Waals surface area (Å²) < 4.78 is 5.26. The summed E-state index contributed by atoms with van der Waals surface area (Å²) in [6.45, 7) is 2.61. The van der Waals surface area contributed by atoms with E-state index in [0.717, 1.165) is 25.8 Å². The second-order valence-corrected chi connectivity index (χ2v) is 6.52. The Morgan fingerprint density at radius 1 is 1.23 bits per heavy atom. The van der Waals surface area contributed by atoms with E-state index in [2.05, 4.69) is 25.7 Å². The molecule has 2 fully saturated rings. The van der Waals surface area contributed by atoms with Crippen LogP contribution in [-0.2, 0) is 0 Å². The summed E-state index contributed by atoms with van der Waals surface area (Å²) >= 11 is 0. The van der Waals surface area contributed by atoms with Crippen LogP contribution < -0.4 is 10.6 Å². The number of likely N-dealkylation sites (N-methyl/N-ethyl adjacent to an activating group) is 1. The van der Waals surface area contributed by atoms with Crippen LogP contribution in [0.2, 0.25) is 0 Å². The molecular formula is C15H25N5O2. The van der Waals surface area contributed by atoms with E-state index < -0.39 is 0 Å². The van der Waals surface area contributed by atoms with Gasteiger partial charge in [-0.1, -0.05) is 24.4 Å². The highest BCUT2D eigenvalue weighted by Crippen LogP contribution is 2.29. The van der Waals surface area contributed by atoms with Gasteiger partial charge in [-0.05, 0) is 33.2 Å². The summed E-state index contributed by atoms with van der Waals surface area (Å²) in [5.74, 6) is 1.28. The minimum atomic E-state index is -0.0485. The topological polar surface area (TPSA) is 83.3 Å². The molecule has 2 atom stereocenters. The first-order valence-electron chi connectivity index (χ1n) is 8.19. The third kappa shape index (κ3) is 3.58. The summed E-state index contributed by atoms with van der Waals surface area (Å²) in [5.41, 5.74) is 0. The SMILES string of the molecule is Cc1noc(C2CC(NC(=O)NC3CCCCC3)CN2C)n1. The molecule has 1 saturated carbocycles. The van der Waals surface area contributed by atoms with Crippen molar-refractivity contribution < 1.29 is 9.32 Å². The first kappa shape index (κ1) is 15.3. The first-order valence-corrected chi connectivity index (χ1v) is 8.19. The predicted molar refractivity (Wildman–Crippen MR) is 81.4 cm³/mol. The number of hydrogen-bond donors (Lipinski definition) is 2. The number of carbonyl (C=O) groups is 1. The molecule has 1 aromatic rings. The van der Waals surface area contributed by atoms with Gasteiger partial charge in [0.05, 0.1) is 6.04 Å². The standard InChI is InChI=1S/C15H25N5O2/c1-10-16-14(22-19-10)13-8-12(9-20(13)2)18-15(21)17-11-6-4-3-5-7-11/h11-13H,3-9H2,1-2H3,(H2,17,18,21). The van der Waals surface area contributed by atoms with Crippen LogP contribution in [0.3, 0.4) is 0 Å². The van der Waals surface area contributed by atoms with Gasteiger partial charge in [-0.25, -0.2) is 4.79 Å². The number of carbonyl (C=O) groups excluding carboxylic acids is 1. The molecular weight excluding hydrogens is 282 g/mol. The minimum absolute atomic E-state index is 0.0485. The van der Waals surface area contributed by atoms with Crippen molar-refractivity contribution in [1.29, 1.82) is 0 Å². The Hall–Kier alpha value is -1.63.